The van der Waals surface area contributed by atoms with Crippen LogP contribution < -0.4 is 4.90 Å². The quantitative estimate of drug-likeness (QED) is 0.863. The van der Waals surface area contributed by atoms with Gasteiger partial charge in [-0.2, -0.15) is 0 Å². The highest BCUT2D eigenvalue weighted by Crippen LogP contribution is 2.26. The van der Waals surface area contributed by atoms with Crippen LogP contribution in [0.4, 0.5) is 5.82 Å². The average Bonchev–Trinajstić information content (AvgIpc) is 2.84. The molecule has 0 bridgehead atoms. The smallest absolute Gasteiger partial charge is 0.356 e. The van der Waals surface area contributed by atoms with E-state index in [0.29, 0.717) is 11.9 Å². The van der Waals surface area contributed by atoms with Gasteiger partial charge in [0.15, 0.2) is 5.69 Å². The van der Waals surface area contributed by atoms with Gasteiger partial charge in [0.1, 0.15) is 5.82 Å². The van der Waals surface area contributed by atoms with Gasteiger partial charge >= 0.3 is 5.97 Å². The van der Waals surface area contributed by atoms with Crippen molar-refractivity contribution in [3.05, 3.63) is 18.1 Å². The molecular formula is C12H17N3O2. The standard InChI is InChI=1S/C12H17N3O2/c1-2-15(9-5-3-4-6-9)11-8-13-7-10(14-11)12(16)17/h7-9H,2-6H2,1H3,(H,16,17). The largest absolute Gasteiger partial charge is 0.476 e. The van der Waals surface area contributed by atoms with Crippen LogP contribution in [0.15, 0.2) is 12.4 Å². The molecule has 5 nitrogen and oxygen atoms in total. The topological polar surface area (TPSA) is 66.3 Å². The Balaban J connectivity index is 2.23. The van der Waals surface area contributed by atoms with E-state index in [1.807, 2.05) is 0 Å². The molecule has 0 radical (unpaired) electrons. The molecule has 1 N–H and O–H groups in total. The first-order valence-electron chi connectivity index (χ1n) is 6.04. The van der Waals surface area contributed by atoms with Crippen LogP contribution in [-0.4, -0.2) is 33.6 Å². The number of carboxylic acid groups (broad SMARTS) is 1. The summed E-state index contributed by atoms with van der Waals surface area (Å²) < 4.78 is 0. The molecule has 1 saturated carbocycles. The number of carboxylic acids is 1. The van der Waals surface area contributed by atoms with Crippen molar-refractivity contribution >= 4 is 11.8 Å². The maximum absolute atomic E-state index is 10.9. The lowest BCUT2D eigenvalue weighted by molar-refractivity contribution is 0.0690. The van der Waals surface area contributed by atoms with Crippen LogP contribution in [0.2, 0.25) is 0 Å². The summed E-state index contributed by atoms with van der Waals surface area (Å²) >= 11 is 0. The summed E-state index contributed by atoms with van der Waals surface area (Å²) in [4.78, 5) is 21.1. The monoisotopic (exact) mass is 235 g/mol. The highest BCUT2D eigenvalue weighted by atomic mass is 16.4. The average molecular weight is 235 g/mol. The van der Waals surface area contributed by atoms with Gasteiger partial charge in [0.25, 0.3) is 0 Å². The van der Waals surface area contributed by atoms with Crippen LogP contribution in [0.1, 0.15) is 43.1 Å². The third kappa shape index (κ3) is 2.54. The van der Waals surface area contributed by atoms with Crippen molar-refractivity contribution in [2.45, 2.75) is 38.6 Å². The van der Waals surface area contributed by atoms with Crippen LogP contribution in [0, 0.1) is 0 Å². The summed E-state index contributed by atoms with van der Waals surface area (Å²) in [6.45, 7) is 2.90. The highest BCUT2D eigenvalue weighted by Gasteiger charge is 2.23. The minimum absolute atomic E-state index is 0.0129. The van der Waals surface area contributed by atoms with E-state index in [1.165, 1.54) is 19.0 Å². The van der Waals surface area contributed by atoms with Crippen LogP contribution in [0.3, 0.4) is 0 Å². The Bertz CT molecular complexity index is 402. The van der Waals surface area contributed by atoms with Crippen molar-refractivity contribution in [2.24, 2.45) is 0 Å². The van der Waals surface area contributed by atoms with Gasteiger partial charge in [-0.15, -0.1) is 0 Å². The summed E-state index contributed by atoms with van der Waals surface area (Å²) in [5.41, 5.74) is 0.0129. The molecule has 1 aromatic heterocycles. The number of hydrogen-bond donors (Lipinski definition) is 1. The van der Waals surface area contributed by atoms with Crippen LogP contribution in [0.25, 0.3) is 0 Å². The zero-order chi connectivity index (χ0) is 12.3. The number of nitrogens with zero attached hydrogens (tertiary/aromatic N) is 3. The van der Waals surface area contributed by atoms with E-state index in [0.717, 1.165) is 19.4 Å². The highest BCUT2D eigenvalue weighted by molar-refractivity contribution is 5.85. The Hall–Kier alpha value is -1.65. The van der Waals surface area contributed by atoms with Crippen molar-refractivity contribution in [3.63, 3.8) is 0 Å². The second-order valence-electron chi connectivity index (χ2n) is 4.29. The summed E-state index contributed by atoms with van der Waals surface area (Å²) in [7, 11) is 0. The first kappa shape index (κ1) is 11.8. The fraction of sp³-hybridized carbons (Fsp3) is 0.583. The predicted molar refractivity (Wildman–Crippen MR) is 64.3 cm³/mol. The lowest BCUT2D eigenvalue weighted by Crippen LogP contribution is -2.34. The zero-order valence-corrected chi connectivity index (χ0v) is 9.96. The van der Waals surface area contributed by atoms with Gasteiger partial charge in [0.2, 0.25) is 0 Å². The molecule has 2 rings (SSSR count). The molecule has 0 aliphatic heterocycles. The molecule has 1 aromatic rings. The summed E-state index contributed by atoms with van der Waals surface area (Å²) in [5, 5.41) is 8.91. The Kier molecular flexibility index (Phi) is 3.56. The molecule has 1 heterocycles. The molecular weight excluding hydrogens is 218 g/mol. The van der Waals surface area contributed by atoms with Gasteiger partial charge in [-0.1, -0.05) is 12.8 Å². The van der Waals surface area contributed by atoms with Crippen molar-refractivity contribution < 1.29 is 9.90 Å². The third-order valence-corrected chi connectivity index (χ3v) is 3.24. The molecule has 5 heteroatoms. The van der Waals surface area contributed by atoms with E-state index in [9.17, 15) is 4.79 Å². The molecule has 0 aromatic carbocycles. The van der Waals surface area contributed by atoms with Gasteiger partial charge in [-0.25, -0.2) is 9.78 Å². The van der Waals surface area contributed by atoms with Crippen molar-refractivity contribution in [3.8, 4) is 0 Å². The molecule has 0 unspecified atom stereocenters. The molecule has 1 aliphatic carbocycles. The zero-order valence-electron chi connectivity index (χ0n) is 9.96. The van der Waals surface area contributed by atoms with Gasteiger partial charge in [0, 0.05) is 12.6 Å². The molecule has 1 fully saturated rings. The fourth-order valence-corrected chi connectivity index (χ4v) is 2.42. The summed E-state index contributed by atoms with van der Waals surface area (Å²) in [6, 6.07) is 0.485. The molecule has 1 aliphatic rings. The number of hydrogen-bond acceptors (Lipinski definition) is 4. The first-order valence-corrected chi connectivity index (χ1v) is 6.04. The molecule has 0 saturated heterocycles. The van der Waals surface area contributed by atoms with Gasteiger partial charge in [-0.3, -0.25) is 4.98 Å². The molecule has 0 atom stereocenters. The molecule has 0 spiro atoms. The summed E-state index contributed by atoms with van der Waals surface area (Å²) in [5.74, 6) is -0.346. The summed E-state index contributed by atoms with van der Waals surface area (Å²) in [6.07, 6.45) is 7.74. The predicted octanol–water partition coefficient (Wildman–Crippen LogP) is 1.94. The first-order chi connectivity index (χ1) is 8.22. The number of aromatic carboxylic acids is 1. The van der Waals surface area contributed by atoms with Gasteiger partial charge in [-0.05, 0) is 19.8 Å². The fourth-order valence-electron chi connectivity index (χ4n) is 2.42. The maximum Gasteiger partial charge on any atom is 0.356 e. The Morgan fingerprint density at radius 1 is 1.47 bits per heavy atom. The number of aromatic nitrogens is 2. The van der Waals surface area contributed by atoms with Crippen LogP contribution in [0.5, 0.6) is 0 Å². The van der Waals surface area contributed by atoms with Crippen LogP contribution in [-0.2, 0) is 0 Å². The minimum atomic E-state index is -1.03. The Labute approximate surface area is 100 Å². The van der Waals surface area contributed by atoms with E-state index in [2.05, 4.69) is 21.8 Å². The van der Waals surface area contributed by atoms with Crippen molar-refractivity contribution in [1.82, 2.24) is 9.97 Å². The second kappa shape index (κ2) is 5.12. The lowest BCUT2D eigenvalue weighted by Gasteiger charge is -2.28. The van der Waals surface area contributed by atoms with Gasteiger partial charge in [0.05, 0.1) is 12.4 Å². The van der Waals surface area contributed by atoms with Crippen molar-refractivity contribution in [2.75, 3.05) is 11.4 Å². The van der Waals surface area contributed by atoms with E-state index in [4.69, 9.17) is 5.11 Å². The second-order valence-corrected chi connectivity index (χ2v) is 4.29. The number of rotatable bonds is 4. The van der Waals surface area contributed by atoms with Gasteiger partial charge < -0.3 is 10.0 Å². The molecule has 17 heavy (non-hydrogen) atoms. The Morgan fingerprint density at radius 2 is 2.18 bits per heavy atom. The number of anilines is 1. The lowest BCUT2D eigenvalue weighted by atomic mass is 10.2. The SMILES string of the molecule is CCN(c1cncc(C(=O)O)n1)C1CCCC1. The third-order valence-electron chi connectivity index (χ3n) is 3.24. The maximum atomic E-state index is 10.9. The van der Waals surface area contributed by atoms with E-state index < -0.39 is 5.97 Å². The van der Waals surface area contributed by atoms with E-state index >= 15 is 0 Å². The Morgan fingerprint density at radius 3 is 2.76 bits per heavy atom. The van der Waals surface area contributed by atoms with Crippen LogP contribution >= 0.6 is 0 Å². The molecule has 0 amide bonds. The van der Waals surface area contributed by atoms with Crippen molar-refractivity contribution in [1.29, 1.82) is 0 Å². The molecule has 92 valence electrons. The normalized spacial score (nSPS) is 16.1. The minimum Gasteiger partial charge on any atom is -0.476 e. The van der Waals surface area contributed by atoms with E-state index in [-0.39, 0.29) is 5.69 Å². The number of carbonyl (C=O) groups is 1. The van der Waals surface area contributed by atoms with E-state index in [1.54, 1.807) is 6.20 Å².